The minimum Gasteiger partial charge on any atom is -0.361 e. The monoisotopic (exact) mass is 197 g/mol. The van der Waals surface area contributed by atoms with E-state index in [4.69, 9.17) is 5.26 Å². The molecule has 13 heavy (non-hydrogen) atoms. The molecule has 0 radical (unpaired) electrons. The number of thiocyanates is 1. The van der Waals surface area contributed by atoms with Gasteiger partial charge in [0.2, 0.25) is 0 Å². The number of nitriles is 1. The predicted octanol–water partition coefficient (Wildman–Crippen LogP) is 2.11. The van der Waals surface area contributed by atoms with Crippen LogP contribution in [0.1, 0.15) is 32.1 Å². The molecule has 0 amide bonds. The lowest BCUT2D eigenvalue weighted by Crippen LogP contribution is -2.34. The SMILES string of the molecule is CN=C(NC1CCCCC1)SC#N. The number of rotatable bonds is 1. The average Bonchev–Trinajstić information content (AvgIpc) is 2.19. The summed E-state index contributed by atoms with van der Waals surface area (Å²) in [5.74, 6) is 0. The lowest BCUT2D eigenvalue weighted by molar-refractivity contribution is 0.415. The fraction of sp³-hybridized carbons (Fsp3) is 0.778. The van der Waals surface area contributed by atoms with E-state index in [-0.39, 0.29) is 0 Å². The molecule has 0 unspecified atom stereocenters. The van der Waals surface area contributed by atoms with Crippen molar-refractivity contribution in [1.29, 1.82) is 5.26 Å². The third-order valence-corrected chi connectivity index (χ3v) is 2.86. The van der Waals surface area contributed by atoms with Crippen LogP contribution in [0.2, 0.25) is 0 Å². The van der Waals surface area contributed by atoms with Gasteiger partial charge < -0.3 is 5.32 Å². The molecule has 0 spiro atoms. The average molecular weight is 197 g/mol. The van der Waals surface area contributed by atoms with Gasteiger partial charge in [0.25, 0.3) is 0 Å². The Morgan fingerprint density at radius 3 is 2.69 bits per heavy atom. The molecule has 1 rings (SSSR count). The first kappa shape index (κ1) is 10.4. The number of nitrogens with one attached hydrogen (secondary N) is 1. The van der Waals surface area contributed by atoms with Gasteiger partial charge >= 0.3 is 0 Å². The third kappa shape index (κ3) is 3.69. The van der Waals surface area contributed by atoms with Gasteiger partial charge in [-0.25, -0.2) is 0 Å². The molecule has 0 atom stereocenters. The Hall–Kier alpha value is -0.690. The number of aliphatic imine (C=N–C) groups is 1. The Morgan fingerprint density at radius 2 is 2.15 bits per heavy atom. The molecule has 72 valence electrons. The van der Waals surface area contributed by atoms with Crippen LogP contribution < -0.4 is 5.32 Å². The summed E-state index contributed by atoms with van der Waals surface area (Å²) in [6.45, 7) is 0. The predicted molar refractivity (Wildman–Crippen MR) is 56.6 cm³/mol. The van der Waals surface area contributed by atoms with Gasteiger partial charge in [-0.2, -0.15) is 5.26 Å². The first-order valence-corrected chi connectivity index (χ1v) is 5.47. The van der Waals surface area contributed by atoms with Gasteiger partial charge in [-0.15, -0.1) is 0 Å². The Bertz CT molecular complexity index is 213. The molecule has 4 heteroatoms. The van der Waals surface area contributed by atoms with E-state index in [1.165, 1.54) is 32.1 Å². The fourth-order valence-corrected chi connectivity index (χ4v) is 2.01. The zero-order valence-electron chi connectivity index (χ0n) is 7.92. The lowest BCUT2D eigenvalue weighted by Gasteiger charge is -2.23. The maximum atomic E-state index is 8.49. The van der Waals surface area contributed by atoms with Crippen LogP contribution in [-0.4, -0.2) is 18.3 Å². The quantitative estimate of drug-likeness (QED) is 0.398. The van der Waals surface area contributed by atoms with Crippen molar-refractivity contribution in [3.8, 4) is 5.40 Å². The Labute approximate surface area is 83.6 Å². The summed E-state index contributed by atoms with van der Waals surface area (Å²) in [6.07, 6.45) is 6.37. The molecular weight excluding hydrogens is 182 g/mol. The Balaban J connectivity index is 2.33. The van der Waals surface area contributed by atoms with Crippen molar-refractivity contribution < 1.29 is 0 Å². The van der Waals surface area contributed by atoms with Crippen molar-refractivity contribution in [2.45, 2.75) is 38.1 Å². The summed E-state index contributed by atoms with van der Waals surface area (Å²) in [7, 11) is 1.72. The van der Waals surface area contributed by atoms with Crippen LogP contribution in [-0.2, 0) is 0 Å². The third-order valence-electron chi connectivity index (χ3n) is 2.28. The summed E-state index contributed by atoms with van der Waals surface area (Å²) in [6, 6.07) is 0.535. The molecule has 0 bridgehead atoms. The van der Waals surface area contributed by atoms with E-state index in [0.29, 0.717) is 6.04 Å². The summed E-state index contributed by atoms with van der Waals surface area (Å²) in [5, 5.41) is 14.6. The number of hydrogen-bond acceptors (Lipinski definition) is 3. The van der Waals surface area contributed by atoms with Gasteiger partial charge in [-0.05, 0) is 12.8 Å². The van der Waals surface area contributed by atoms with Crippen LogP contribution in [0.3, 0.4) is 0 Å². The van der Waals surface area contributed by atoms with Crippen LogP contribution in [0.5, 0.6) is 0 Å². The molecule has 0 aromatic carbocycles. The van der Waals surface area contributed by atoms with Crippen molar-refractivity contribution in [2.75, 3.05) is 7.05 Å². The lowest BCUT2D eigenvalue weighted by atomic mass is 9.96. The van der Waals surface area contributed by atoms with Crippen molar-refractivity contribution in [2.24, 2.45) is 4.99 Å². The molecule has 0 saturated heterocycles. The molecular formula is C9H15N3S. The molecule has 1 fully saturated rings. The number of amidine groups is 1. The highest BCUT2D eigenvalue weighted by molar-refractivity contribution is 8.17. The van der Waals surface area contributed by atoms with Crippen LogP contribution in [0.25, 0.3) is 0 Å². The zero-order valence-corrected chi connectivity index (χ0v) is 8.73. The molecule has 1 saturated carbocycles. The normalized spacial score (nSPS) is 19.5. The van der Waals surface area contributed by atoms with Gasteiger partial charge in [0.15, 0.2) is 5.17 Å². The van der Waals surface area contributed by atoms with E-state index in [1.807, 2.05) is 5.40 Å². The standard InChI is InChI=1S/C9H15N3S/c1-11-9(13-7-10)12-8-5-3-2-4-6-8/h8H,2-6H2,1H3,(H,11,12). The summed E-state index contributed by atoms with van der Waals surface area (Å²) in [5.41, 5.74) is 0. The topological polar surface area (TPSA) is 48.2 Å². The highest BCUT2D eigenvalue weighted by Gasteiger charge is 2.14. The van der Waals surface area contributed by atoms with Crippen LogP contribution in [0.4, 0.5) is 0 Å². The Morgan fingerprint density at radius 1 is 1.46 bits per heavy atom. The highest BCUT2D eigenvalue weighted by atomic mass is 32.2. The second kappa shape index (κ2) is 5.87. The minimum absolute atomic E-state index is 0.535. The second-order valence-corrected chi connectivity index (χ2v) is 3.97. The molecule has 1 aliphatic rings. The summed E-state index contributed by atoms with van der Waals surface area (Å²) >= 11 is 1.11. The van der Waals surface area contributed by atoms with Crippen molar-refractivity contribution >= 4 is 16.9 Å². The molecule has 0 aromatic heterocycles. The molecule has 3 nitrogen and oxygen atoms in total. The van der Waals surface area contributed by atoms with E-state index < -0.39 is 0 Å². The van der Waals surface area contributed by atoms with Gasteiger partial charge in [0, 0.05) is 24.9 Å². The van der Waals surface area contributed by atoms with E-state index in [0.717, 1.165) is 16.9 Å². The van der Waals surface area contributed by atoms with Crippen LogP contribution in [0, 0.1) is 10.7 Å². The van der Waals surface area contributed by atoms with E-state index in [1.54, 1.807) is 7.05 Å². The molecule has 0 heterocycles. The number of hydrogen-bond donors (Lipinski definition) is 1. The van der Waals surface area contributed by atoms with E-state index in [9.17, 15) is 0 Å². The largest absolute Gasteiger partial charge is 0.361 e. The van der Waals surface area contributed by atoms with E-state index >= 15 is 0 Å². The van der Waals surface area contributed by atoms with Gasteiger partial charge in [0.1, 0.15) is 5.40 Å². The first-order chi connectivity index (χ1) is 6.36. The molecule has 1 aliphatic carbocycles. The highest BCUT2D eigenvalue weighted by Crippen LogP contribution is 2.18. The number of nitrogens with zero attached hydrogens (tertiary/aromatic N) is 2. The van der Waals surface area contributed by atoms with Gasteiger partial charge in [0.05, 0.1) is 0 Å². The van der Waals surface area contributed by atoms with Gasteiger partial charge in [-0.1, -0.05) is 19.3 Å². The summed E-state index contributed by atoms with van der Waals surface area (Å²) < 4.78 is 0. The zero-order chi connectivity index (χ0) is 9.52. The molecule has 0 aliphatic heterocycles. The Kier molecular flexibility index (Phi) is 4.69. The van der Waals surface area contributed by atoms with Crippen LogP contribution in [0.15, 0.2) is 4.99 Å². The maximum absolute atomic E-state index is 8.49. The van der Waals surface area contributed by atoms with E-state index in [2.05, 4.69) is 10.3 Å². The summed E-state index contributed by atoms with van der Waals surface area (Å²) in [4.78, 5) is 4.02. The van der Waals surface area contributed by atoms with Crippen molar-refractivity contribution in [1.82, 2.24) is 5.32 Å². The molecule has 0 aromatic rings. The van der Waals surface area contributed by atoms with Crippen LogP contribution >= 0.6 is 11.8 Å². The van der Waals surface area contributed by atoms with Gasteiger partial charge in [-0.3, -0.25) is 4.99 Å². The smallest absolute Gasteiger partial charge is 0.171 e. The van der Waals surface area contributed by atoms with Crippen molar-refractivity contribution in [3.05, 3.63) is 0 Å². The fourth-order valence-electron chi connectivity index (χ4n) is 1.60. The molecule has 1 N–H and O–H groups in total. The maximum Gasteiger partial charge on any atom is 0.171 e. The second-order valence-electron chi connectivity index (χ2n) is 3.20. The first-order valence-electron chi connectivity index (χ1n) is 4.66. The number of thioether (sulfide) groups is 1. The minimum atomic E-state index is 0.535. The van der Waals surface area contributed by atoms with Crippen molar-refractivity contribution in [3.63, 3.8) is 0 Å².